The lowest BCUT2D eigenvalue weighted by Gasteiger charge is -2.05. The molecule has 1 atom stereocenters. The van der Waals surface area contributed by atoms with Gasteiger partial charge in [0.1, 0.15) is 10.8 Å². The zero-order chi connectivity index (χ0) is 14.8. The van der Waals surface area contributed by atoms with E-state index in [1.54, 1.807) is 18.5 Å². The molecule has 0 aliphatic carbocycles. The molecule has 0 saturated carbocycles. The van der Waals surface area contributed by atoms with Crippen molar-refractivity contribution in [2.24, 2.45) is 5.73 Å². The molecule has 106 valence electrons. The highest BCUT2D eigenvalue weighted by Crippen LogP contribution is 2.36. The van der Waals surface area contributed by atoms with E-state index in [4.69, 9.17) is 5.73 Å². The number of pyridine rings is 1. The number of halogens is 1. The van der Waals surface area contributed by atoms with Crippen molar-refractivity contribution in [1.29, 1.82) is 0 Å². The van der Waals surface area contributed by atoms with Crippen LogP contribution in [-0.2, 0) is 0 Å². The number of hydrogen-bond acceptors (Lipinski definition) is 4. The van der Waals surface area contributed by atoms with Crippen molar-refractivity contribution in [2.75, 3.05) is 0 Å². The summed E-state index contributed by atoms with van der Waals surface area (Å²) in [4.78, 5) is 9.62. The Morgan fingerprint density at radius 2 is 1.90 bits per heavy atom. The van der Waals surface area contributed by atoms with E-state index in [0.717, 1.165) is 26.7 Å². The van der Waals surface area contributed by atoms with E-state index in [0.29, 0.717) is 0 Å². The molecule has 0 saturated heterocycles. The van der Waals surface area contributed by atoms with Gasteiger partial charge in [0.25, 0.3) is 0 Å². The van der Waals surface area contributed by atoms with Crippen molar-refractivity contribution in [3.8, 4) is 21.8 Å². The number of benzene rings is 1. The monoisotopic (exact) mass is 299 g/mol. The van der Waals surface area contributed by atoms with Gasteiger partial charge >= 0.3 is 0 Å². The summed E-state index contributed by atoms with van der Waals surface area (Å²) < 4.78 is 13.5. The topological polar surface area (TPSA) is 51.8 Å². The molecule has 3 rings (SSSR count). The van der Waals surface area contributed by atoms with Crippen LogP contribution in [0.25, 0.3) is 21.8 Å². The van der Waals surface area contributed by atoms with E-state index in [9.17, 15) is 4.39 Å². The number of nitrogens with zero attached hydrogens (tertiary/aromatic N) is 2. The average Bonchev–Trinajstić information content (AvgIpc) is 2.93. The summed E-state index contributed by atoms with van der Waals surface area (Å²) in [5.41, 5.74) is 8.53. The van der Waals surface area contributed by atoms with Crippen LogP contribution < -0.4 is 5.73 Å². The fourth-order valence-electron chi connectivity index (χ4n) is 2.10. The van der Waals surface area contributed by atoms with Crippen LogP contribution in [0.2, 0.25) is 0 Å². The smallest absolute Gasteiger partial charge is 0.124 e. The van der Waals surface area contributed by atoms with Crippen LogP contribution >= 0.6 is 11.3 Å². The number of rotatable bonds is 3. The Balaban J connectivity index is 2.14. The van der Waals surface area contributed by atoms with E-state index >= 15 is 0 Å². The fourth-order valence-corrected chi connectivity index (χ4v) is 3.15. The van der Waals surface area contributed by atoms with E-state index in [1.807, 2.05) is 25.1 Å². The molecule has 0 spiro atoms. The molecule has 0 bridgehead atoms. The molecule has 1 unspecified atom stereocenters. The van der Waals surface area contributed by atoms with Crippen LogP contribution in [0.15, 0.2) is 48.8 Å². The number of aromatic nitrogens is 2. The molecule has 0 radical (unpaired) electrons. The minimum Gasteiger partial charge on any atom is -0.323 e. The zero-order valence-electron chi connectivity index (χ0n) is 11.5. The van der Waals surface area contributed by atoms with E-state index < -0.39 is 0 Å². The highest BCUT2D eigenvalue weighted by Gasteiger charge is 2.17. The first kappa shape index (κ1) is 13.9. The third-order valence-electron chi connectivity index (χ3n) is 3.09. The second-order valence-corrected chi connectivity index (χ2v) is 5.80. The van der Waals surface area contributed by atoms with Gasteiger partial charge in [-0.25, -0.2) is 9.37 Å². The number of thiazole rings is 1. The predicted molar refractivity (Wildman–Crippen MR) is 83.3 cm³/mol. The summed E-state index contributed by atoms with van der Waals surface area (Å²) in [7, 11) is 0. The molecule has 0 amide bonds. The summed E-state index contributed by atoms with van der Waals surface area (Å²) in [5, 5.41) is 0.865. The van der Waals surface area contributed by atoms with Crippen LogP contribution in [-0.4, -0.2) is 9.97 Å². The number of nitrogens with two attached hydrogens (primary N) is 1. The first-order chi connectivity index (χ1) is 10.1. The third kappa shape index (κ3) is 2.84. The molecule has 2 aromatic heterocycles. The van der Waals surface area contributed by atoms with Gasteiger partial charge in [0.15, 0.2) is 0 Å². The summed E-state index contributed by atoms with van der Waals surface area (Å²) in [6, 6.07) is 10.1. The van der Waals surface area contributed by atoms with Gasteiger partial charge in [-0.3, -0.25) is 4.98 Å². The minimum atomic E-state index is -0.276. The molecule has 3 nitrogen and oxygen atoms in total. The van der Waals surface area contributed by atoms with Crippen LogP contribution in [0.5, 0.6) is 0 Å². The van der Waals surface area contributed by atoms with E-state index in [1.165, 1.54) is 23.5 Å². The summed E-state index contributed by atoms with van der Waals surface area (Å²) in [6.07, 6.45) is 3.45. The maximum Gasteiger partial charge on any atom is 0.124 e. The molecule has 0 aliphatic heterocycles. The first-order valence-corrected chi connectivity index (χ1v) is 7.39. The maximum atomic E-state index is 13.5. The van der Waals surface area contributed by atoms with Crippen LogP contribution in [0.4, 0.5) is 4.39 Å². The normalized spacial score (nSPS) is 12.3. The molecule has 0 fully saturated rings. The summed E-state index contributed by atoms with van der Waals surface area (Å²) in [5.74, 6) is -0.276. The molecule has 5 heteroatoms. The molecule has 2 heterocycles. The summed E-state index contributed by atoms with van der Waals surface area (Å²) >= 11 is 1.54. The third-order valence-corrected chi connectivity index (χ3v) is 4.40. The Bertz CT molecular complexity index is 753. The molecule has 2 N–H and O–H groups in total. The molecule has 21 heavy (non-hydrogen) atoms. The quantitative estimate of drug-likeness (QED) is 0.794. The first-order valence-electron chi connectivity index (χ1n) is 6.58. The van der Waals surface area contributed by atoms with Gasteiger partial charge in [0, 0.05) is 34.4 Å². The van der Waals surface area contributed by atoms with Gasteiger partial charge in [-0.05, 0) is 31.2 Å². The lowest BCUT2D eigenvalue weighted by Crippen LogP contribution is -2.04. The van der Waals surface area contributed by atoms with Crippen molar-refractivity contribution >= 4 is 11.3 Å². The zero-order valence-corrected chi connectivity index (χ0v) is 12.3. The van der Waals surface area contributed by atoms with Gasteiger partial charge in [0.2, 0.25) is 0 Å². The van der Waals surface area contributed by atoms with Crippen molar-refractivity contribution in [1.82, 2.24) is 9.97 Å². The van der Waals surface area contributed by atoms with E-state index in [2.05, 4.69) is 9.97 Å². The molecule has 1 aromatic carbocycles. The van der Waals surface area contributed by atoms with Gasteiger partial charge in [-0.15, -0.1) is 11.3 Å². The molecule has 0 aliphatic rings. The Morgan fingerprint density at radius 3 is 2.57 bits per heavy atom. The van der Waals surface area contributed by atoms with E-state index in [-0.39, 0.29) is 11.9 Å². The van der Waals surface area contributed by atoms with Gasteiger partial charge in [-0.2, -0.15) is 0 Å². The Labute approximate surface area is 126 Å². The second kappa shape index (κ2) is 5.71. The largest absolute Gasteiger partial charge is 0.323 e. The van der Waals surface area contributed by atoms with Crippen molar-refractivity contribution in [2.45, 2.75) is 13.0 Å². The maximum absolute atomic E-state index is 13.5. The van der Waals surface area contributed by atoms with Gasteiger partial charge < -0.3 is 5.73 Å². The van der Waals surface area contributed by atoms with Gasteiger partial charge in [-0.1, -0.05) is 12.1 Å². The standard InChI is InChI=1S/C16H14FN3S/c1-10(18)15-14(12-3-2-4-13(17)9-12)20-16(21-15)11-5-7-19-8-6-11/h2-10H,18H2,1H3. The predicted octanol–water partition coefficient (Wildman–Crippen LogP) is 4.03. The highest BCUT2D eigenvalue weighted by atomic mass is 32.1. The van der Waals surface area contributed by atoms with Crippen molar-refractivity contribution in [3.05, 3.63) is 59.5 Å². The van der Waals surface area contributed by atoms with Crippen molar-refractivity contribution < 1.29 is 4.39 Å². The van der Waals surface area contributed by atoms with Gasteiger partial charge in [0.05, 0.1) is 5.69 Å². The summed E-state index contributed by atoms with van der Waals surface area (Å²) in [6.45, 7) is 1.91. The lowest BCUT2D eigenvalue weighted by atomic mass is 10.1. The molecule has 3 aromatic rings. The SMILES string of the molecule is CC(N)c1sc(-c2ccncc2)nc1-c1cccc(F)c1. The second-order valence-electron chi connectivity index (χ2n) is 4.77. The van der Waals surface area contributed by atoms with Crippen LogP contribution in [0.3, 0.4) is 0 Å². The minimum absolute atomic E-state index is 0.156. The fraction of sp³-hybridized carbons (Fsp3) is 0.125. The van der Waals surface area contributed by atoms with Crippen LogP contribution in [0.1, 0.15) is 17.8 Å². The Hall–Kier alpha value is -2.11. The lowest BCUT2D eigenvalue weighted by molar-refractivity contribution is 0.628. The Kier molecular flexibility index (Phi) is 3.77. The van der Waals surface area contributed by atoms with Crippen LogP contribution in [0, 0.1) is 5.82 Å². The van der Waals surface area contributed by atoms with Crippen molar-refractivity contribution in [3.63, 3.8) is 0 Å². The molecular formula is C16H14FN3S. The highest BCUT2D eigenvalue weighted by molar-refractivity contribution is 7.15. The average molecular weight is 299 g/mol. The Morgan fingerprint density at radius 1 is 1.14 bits per heavy atom. The number of hydrogen-bond donors (Lipinski definition) is 1. The molecular weight excluding hydrogens is 285 g/mol.